The Morgan fingerprint density at radius 1 is 0.833 bits per heavy atom. The summed E-state index contributed by atoms with van der Waals surface area (Å²) in [6, 6.07) is 0. The van der Waals surface area contributed by atoms with E-state index < -0.39 is 0 Å². The Hall–Kier alpha value is -0.200. The molecule has 0 saturated heterocycles. The molecule has 0 heterocycles. The molecular weight excluding hydrogens is 236 g/mol. The molecule has 18 heavy (non-hydrogen) atoms. The summed E-state index contributed by atoms with van der Waals surface area (Å²) in [5.74, 6) is 0. The van der Waals surface area contributed by atoms with E-state index in [0.29, 0.717) is 46.2 Å². The molecule has 0 aliphatic rings. The largest absolute Gasteiger partial charge is 0.382 e. The van der Waals surface area contributed by atoms with E-state index in [1.165, 1.54) is 0 Å². The lowest BCUT2D eigenvalue weighted by molar-refractivity contribution is -0.00832. The maximum Gasteiger partial charge on any atom is 0.0704 e. The van der Waals surface area contributed by atoms with Crippen LogP contribution in [0.3, 0.4) is 0 Å². The Morgan fingerprint density at radius 3 is 2.17 bits per heavy atom. The minimum atomic E-state index is -0.0527. The van der Waals surface area contributed by atoms with Crippen LogP contribution in [0.1, 0.15) is 13.3 Å². The van der Waals surface area contributed by atoms with Crippen LogP contribution in [0, 0.1) is 6.92 Å². The Kier molecular flexibility index (Phi) is 14.7. The maximum absolute atomic E-state index is 5.46. The predicted molar refractivity (Wildman–Crippen MR) is 69.7 cm³/mol. The molecule has 0 fully saturated rings. The summed E-state index contributed by atoms with van der Waals surface area (Å²) >= 11 is 0. The van der Waals surface area contributed by atoms with Gasteiger partial charge in [0.2, 0.25) is 0 Å². The molecule has 0 saturated carbocycles. The van der Waals surface area contributed by atoms with Gasteiger partial charge in [-0.1, -0.05) is 0 Å². The Labute approximate surface area is 111 Å². The van der Waals surface area contributed by atoms with E-state index in [0.717, 1.165) is 13.0 Å². The fourth-order valence-corrected chi connectivity index (χ4v) is 1.18. The summed E-state index contributed by atoms with van der Waals surface area (Å²) < 4.78 is 26.1. The quantitative estimate of drug-likeness (QED) is 0.442. The van der Waals surface area contributed by atoms with Crippen molar-refractivity contribution in [3.63, 3.8) is 0 Å². The zero-order valence-electron chi connectivity index (χ0n) is 11.7. The topological polar surface area (TPSA) is 46.2 Å². The molecule has 0 aromatic rings. The van der Waals surface area contributed by atoms with Gasteiger partial charge in [-0.05, 0) is 20.3 Å². The van der Waals surface area contributed by atoms with Gasteiger partial charge in [0.25, 0.3) is 0 Å². The first kappa shape index (κ1) is 17.8. The summed E-state index contributed by atoms with van der Waals surface area (Å²) in [7, 11) is 1.65. The molecule has 5 heteroatoms. The van der Waals surface area contributed by atoms with Crippen molar-refractivity contribution in [2.24, 2.45) is 0 Å². The molecule has 0 aromatic carbocycles. The molecule has 5 nitrogen and oxygen atoms in total. The molecule has 0 aliphatic heterocycles. The molecule has 0 aliphatic carbocycles. The molecule has 1 atom stereocenters. The van der Waals surface area contributed by atoms with Crippen molar-refractivity contribution in [2.75, 3.05) is 60.0 Å². The van der Waals surface area contributed by atoms with Crippen LogP contribution < -0.4 is 0 Å². The van der Waals surface area contributed by atoms with Crippen molar-refractivity contribution in [2.45, 2.75) is 19.4 Å². The van der Waals surface area contributed by atoms with E-state index in [9.17, 15) is 0 Å². The van der Waals surface area contributed by atoms with Crippen LogP contribution in [-0.4, -0.2) is 66.1 Å². The molecule has 0 spiro atoms. The van der Waals surface area contributed by atoms with Crippen molar-refractivity contribution in [3.05, 3.63) is 6.92 Å². The van der Waals surface area contributed by atoms with E-state index in [4.69, 9.17) is 23.7 Å². The number of ether oxygens (including phenoxy) is 5. The van der Waals surface area contributed by atoms with Crippen LogP contribution in [0.4, 0.5) is 0 Å². The number of rotatable bonds is 14. The van der Waals surface area contributed by atoms with Gasteiger partial charge in [-0.2, -0.15) is 0 Å². The van der Waals surface area contributed by atoms with Crippen molar-refractivity contribution in [1.29, 1.82) is 0 Å². The third kappa shape index (κ3) is 13.9. The van der Waals surface area contributed by atoms with Crippen LogP contribution in [0.5, 0.6) is 0 Å². The monoisotopic (exact) mass is 263 g/mol. The molecule has 109 valence electrons. The average Bonchev–Trinajstić information content (AvgIpc) is 2.38. The molecule has 1 radical (unpaired) electrons. The average molecular weight is 263 g/mol. The Balaban J connectivity index is 3.10. The molecule has 0 rings (SSSR count). The number of methoxy groups -OCH3 is 1. The SMILES string of the molecule is [CH2]C(CCOCCOCC)OCCOCCOC. The van der Waals surface area contributed by atoms with Gasteiger partial charge in [-0.15, -0.1) is 0 Å². The van der Waals surface area contributed by atoms with Crippen molar-refractivity contribution in [1.82, 2.24) is 0 Å². The lowest BCUT2D eigenvalue weighted by Gasteiger charge is -2.13. The Bertz CT molecular complexity index is 138. The number of hydrogen-bond acceptors (Lipinski definition) is 5. The second-order valence-electron chi connectivity index (χ2n) is 3.70. The normalized spacial score (nSPS) is 12.8. The predicted octanol–water partition coefficient (Wildman–Crippen LogP) is 1.31. The number of hydrogen-bond donors (Lipinski definition) is 0. The lowest BCUT2D eigenvalue weighted by atomic mass is 10.3. The smallest absolute Gasteiger partial charge is 0.0704 e. The molecule has 1 unspecified atom stereocenters. The van der Waals surface area contributed by atoms with Gasteiger partial charge in [0.05, 0.1) is 45.7 Å². The van der Waals surface area contributed by atoms with Gasteiger partial charge >= 0.3 is 0 Å². The van der Waals surface area contributed by atoms with Gasteiger partial charge in [0.15, 0.2) is 0 Å². The van der Waals surface area contributed by atoms with Gasteiger partial charge in [-0.25, -0.2) is 0 Å². The second kappa shape index (κ2) is 14.9. The van der Waals surface area contributed by atoms with Crippen LogP contribution in [0.25, 0.3) is 0 Å². The van der Waals surface area contributed by atoms with E-state index >= 15 is 0 Å². The minimum absolute atomic E-state index is 0.0527. The summed E-state index contributed by atoms with van der Waals surface area (Å²) in [4.78, 5) is 0. The standard InChI is InChI=1S/C13H27O5/c1-4-15-9-10-16-6-5-13(2)18-12-11-17-8-7-14-3/h13H,2,4-12H2,1,3H3. The zero-order valence-corrected chi connectivity index (χ0v) is 11.7. The Morgan fingerprint density at radius 2 is 1.44 bits per heavy atom. The van der Waals surface area contributed by atoms with Gasteiger partial charge in [0, 0.05) is 20.3 Å². The van der Waals surface area contributed by atoms with Crippen molar-refractivity contribution >= 4 is 0 Å². The third-order valence-electron chi connectivity index (χ3n) is 2.17. The van der Waals surface area contributed by atoms with Crippen LogP contribution in [0.15, 0.2) is 0 Å². The van der Waals surface area contributed by atoms with Crippen molar-refractivity contribution < 1.29 is 23.7 Å². The third-order valence-corrected chi connectivity index (χ3v) is 2.17. The summed E-state index contributed by atoms with van der Waals surface area (Å²) in [5.41, 5.74) is 0. The fourth-order valence-electron chi connectivity index (χ4n) is 1.18. The first-order valence-corrected chi connectivity index (χ1v) is 6.48. The van der Waals surface area contributed by atoms with E-state index in [1.807, 2.05) is 6.92 Å². The minimum Gasteiger partial charge on any atom is -0.382 e. The van der Waals surface area contributed by atoms with Gasteiger partial charge in [-0.3, -0.25) is 0 Å². The highest BCUT2D eigenvalue weighted by molar-refractivity contribution is 4.59. The summed E-state index contributed by atoms with van der Waals surface area (Å²) in [5, 5.41) is 0. The fraction of sp³-hybridized carbons (Fsp3) is 0.923. The van der Waals surface area contributed by atoms with Crippen LogP contribution in [0.2, 0.25) is 0 Å². The maximum atomic E-state index is 5.46. The summed E-state index contributed by atoms with van der Waals surface area (Å²) in [6.45, 7) is 10.8. The van der Waals surface area contributed by atoms with Gasteiger partial charge in [0.1, 0.15) is 0 Å². The molecule has 0 bridgehead atoms. The summed E-state index contributed by atoms with van der Waals surface area (Å²) in [6.07, 6.45) is 0.729. The lowest BCUT2D eigenvalue weighted by Crippen LogP contribution is -2.17. The highest BCUT2D eigenvalue weighted by Gasteiger charge is 2.02. The van der Waals surface area contributed by atoms with Crippen LogP contribution in [-0.2, 0) is 23.7 Å². The first-order chi connectivity index (χ1) is 8.81. The van der Waals surface area contributed by atoms with E-state index in [-0.39, 0.29) is 6.10 Å². The molecule has 0 aromatic heterocycles. The highest BCUT2D eigenvalue weighted by atomic mass is 16.5. The van der Waals surface area contributed by atoms with E-state index in [2.05, 4.69) is 6.92 Å². The molecule has 0 amide bonds. The zero-order chi connectivity index (χ0) is 13.5. The molecule has 0 N–H and O–H groups in total. The van der Waals surface area contributed by atoms with Gasteiger partial charge < -0.3 is 23.7 Å². The van der Waals surface area contributed by atoms with Crippen LogP contribution >= 0.6 is 0 Å². The first-order valence-electron chi connectivity index (χ1n) is 6.48. The molecular formula is C13H27O5. The van der Waals surface area contributed by atoms with E-state index in [1.54, 1.807) is 7.11 Å². The van der Waals surface area contributed by atoms with Crippen molar-refractivity contribution in [3.8, 4) is 0 Å². The second-order valence-corrected chi connectivity index (χ2v) is 3.70. The highest BCUT2D eigenvalue weighted by Crippen LogP contribution is 1.97.